The first-order chi connectivity index (χ1) is 15.9. The van der Waals surface area contributed by atoms with Gasteiger partial charge < -0.3 is 14.8 Å². The van der Waals surface area contributed by atoms with Crippen molar-refractivity contribution in [1.82, 2.24) is 9.29 Å². The van der Waals surface area contributed by atoms with Crippen molar-refractivity contribution in [3.05, 3.63) is 59.4 Å². The largest absolute Gasteiger partial charge is 0.495 e. The number of benzene rings is 2. The number of ether oxygens (including phenoxy) is 2. The Hall–Kier alpha value is -2.86. The number of aromatic nitrogens is 1. The fraction of sp³-hybridized carbons (Fsp3) is 0.273. The number of anilines is 1. The fourth-order valence-electron chi connectivity index (χ4n) is 3.38. The molecule has 0 aliphatic carbocycles. The average Bonchev–Trinajstić information content (AvgIpc) is 3.28. The van der Waals surface area contributed by atoms with Gasteiger partial charge in [-0.1, -0.05) is 12.1 Å². The molecule has 1 amide bonds. The van der Waals surface area contributed by atoms with E-state index in [0.29, 0.717) is 35.2 Å². The van der Waals surface area contributed by atoms with Gasteiger partial charge in [0.1, 0.15) is 16.6 Å². The van der Waals surface area contributed by atoms with Gasteiger partial charge in [-0.25, -0.2) is 17.8 Å². The summed E-state index contributed by atoms with van der Waals surface area (Å²) in [5.41, 5.74) is 1.40. The number of methoxy groups -OCH3 is 1. The van der Waals surface area contributed by atoms with Crippen LogP contribution in [0.5, 0.6) is 5.75 Å². The fourth-order valence-corrected chi connectivity index (χ4v) is 5.63. The Morgan fingerprint density at radius 1 is 1.24 bits per heavy atom. The number of hydrogen-bond acceptors (Lipinski definition) is 7. The first-order valence-electron chi connectivity index (χ1n) is 10.1. The molecule has 0 bridgehead atoms. The minimum atomic E-state index is -3.73. The number of halogens is 1. The molecule has 1 aromatic heterocycles. The van der Waals surface area contributed by atoms with Gasteiger partial charge in [-0.05, 0) is 30.3 Å². The van der Waals surface area contributed by atoms with Crippen LogP contribution in [-0.4, -0.2) is 57.0 Å². The lowest BCUT2D eigenvalue weighted by molar-refractivity contribution is -0.115. The average molecular weight is 492 g/mol. The molecule has 0 unspecified atom stereocenters. The van der Waals surface area contributed by atoms with E-state index in [9.17, 15) is 17.6 Å². The minimum absolute atomic E-state index is 0.0323. The number of sulfonamides is 1. The molecule has 0 spiro atoms. The second-order valence-corrected chi connectivity index (χ2v) is 10.1. The molecule has 1 aliphatic rings. The molecule has 1 saturated heterocycles. The van der Waals surface area contributed by atoms with Crippen LogP contribution < -0.4 is 10.1 Å². The zero-order valence-electron chi connectivity index (χ0n) is 17.8. The van der Waals surface area contributed by atoms with Crippen LogP contribution >= 0.6 is 11.3 Å². The zero-order chi connectivity index (χ0) is 23.4. The number of nitrogens with zero attached hydrogens (tertiary/aromatic N) is 2. The number of thiazole rings is 1. The van der Waals surface area contributed by atoms with E-state index in [1.165, 1.54) is 53.1 Å². The summed E-state index contributed by atoms with van der Waals surface area (Å²) in [5.74, 6) is -0.408. The molecule has 33 heavy (non-hydrogen) atoms. The van der Waals surface area contributed by atoms with Gasteiger partial charge in [0, 0.05) is 24.0 Å². The van der Waals surface area contributed by atoms with Crippen molar-refractivity contribution in [3.8, 4) is 16.3 Å². The first-order valence-corrected chi connectivity index (χ1v) is 12.4. The van der Waals surface area contributed by atoms with Crippen molar-refractivity contribution in [2.45, 2.75) is 11.3 Å². The molecule has 2 aromatic carbocycles. The van der Waals surface area contributed by atoms with Crippen molar-refractivity contribution in [2.75, 3.05) is 38.7 Å². The van der Waals surface area contributed by atoms with Crippen molar-refractivity contribution in [1.29, 1.82) is 0 Å². The maximum Gasteiger partial charge on any atom is 0.243 e. The summed E-state index contributed by atoms with van der Waals surface area (Å²) in [6.45, 7) is 1.22. The maximum atomic E-state index is 13.5. The highest BCUT2D eigenvalue weighted by Crippen LogP contribution is 2.30. The van der Waals surface area contributed by atoms with Gasteiger partial charge >= 0.3 is 0 Å². The van der Waals surface area contributed by atoms with Crippen LogP contribution in [0.25, 0.3) is 10.6 Å². The lowest BCUT2D eigenvalue weighted by Gasteiger charge is -2.26. The third kappa shape index (κ3) is 5.38. The third-order valence-corrected chi connectivity index (χ3v) is 7.85. The summed E-state index contributed by atoms with van der Waals surface area (Å²) in [5, 5.41) is 5.05. The lowest BCUT2D eigenvalue weighted by atomic mass is 10.2. The molecule has 0 saturated carbocycles. The SMILES string of the molecule is COc1ccc(S(=O)(=O)N2CCOCC2)cc1NC(=O)Cc1csc(-c2cccc(F)c2)n1. The summed E-state index contributed by atoms with van der Waals surface area (Å²) in [4.78, 5) is 17.1. The third-order valence-electron chi connectivity index (χ3n) is 5.02. The monoisotopic (exact) mass is 491 g/mol. The predicted octanol–water partition coefficient (Wildman–Crippen LogP) is 3.16. The summed E-state index contributed by atoms with van der Waals surface area (Å²) in [6.07, 6.45) is -0.0323. The summed E-state index contributed by atoms with van der Waals surface area (Å²) in [7, 11) is -2.29. The maximum absolute atomic E-state index is 13.5. The normalized spacial score (nSPS) is 14.7. The van der Waals surface area contributed by atoms with Gasteiger partial charge in [0.15, 0.2) is 0 Å². The van der Waals surface area contributed by atoms with E-state index in [4.69, 9.17) is 9.47 Å². The standard InChI is InChI=1S/C22H22FN3O5S2/c1-30-20-6-5-18(33(28,29)26-7-9-31-10-8-26)13-19(20)25-21(27)12-17-14-32-22(24-17)15-3-2-4-16(23)11-15/h2-6,11,13-14H,7-10,12H2,1H3,(H,25,27). The van der Waals surface area contributed by atoms with Gasteiger partial charge in [0.25, 0.3) is 0 Å². The van der Waals surface area contributed by atoms with Gasteiger partial charge in [-0.15, -0.1) is 11.3 Å². The van der Waals surface area contributed by atoms with Crippen LogP contribution in [0.15, 0.2) is 52.7 Å². The predicted molar refractivity (Wildman–Crippen MR) is 122 cm³/mol. The molecular formula is C22H22FN3O5S2. The van der Waals surface area contributed by atoms with Crippen molar-refractivity contribution >= 4 is 33.0 Å². The highest BCUT2D eigenvalue weighted by atomic mass is 32.2. The summed E-state index contributed by atoms with van der Waals surface area (Å²) in [6, 6.07) is 10.4. The Bertz CT molecular complexity index is 1260. The highest BCUT2D eigenvalue weighted by molar-refractivity contribution is 7.89. The Kier molecular flexibility index (Phi) is 7.03. The van der Waals surface area contributed by atoms with Crippen LogP contribution in [0.1, 0.15) is 5.69 Å². The van der Waals surface area contributed by atoms with E-state index in [2.05, 4.69) is 10.3 Å². The van der Waals surface area contributed by atoms with Gasteiger partial charge in [0.05, 0.1) is 43.0 Å². The number of nitrogens with one attached hydrogen (secondary N) is 1. The Morgan fingerprint density at radius 2 is 2.03 bits per heavy atom. The second-order valence-electron chi connectivity index (χ2n) is 7.26. The molecule has 1 N–H and O–H groups in total. The highest BCUT2D eigenvalue weighted by Gasteiger charge is 2.27. The molecule has 0 radical (unpaired) electrons. The van der Waals surface area contributed by atoms with Gasteiger partial charge in [-0.3, -0.25) is 4.79 Å². The van der Waals surface area contributed by atoms with E-state index in [1.807, 2.05) is 0 Å². The van der Waals surface area contributed by atoms with Crippen LogP contribution in [0.3, 0.4) is 0 Å². The number of rotatable bonds is 7. The molecule has 174 valence electrons. The molecule has 0 atom stereocenters. The number of amides is 1. The molecular weight excluding hydrogens is 469 g/mol. The van der Waals surface area contributed by atoms with Crippen LogP contribution in [0, 0.1) is 5.82 Å². The minimum Gasteiger partial charge on any atom is -0.495 e. The van der Waals surface area contributed by atoms with Gasteiger partial charge in [0.2, 0.25) is 15.9 Å². The number of carbonyl (C=O) groups is 1. The Labute approximate surface area is 195 Å². The molecule has 1 fully saturated rings. The van der Waals surface area contributed by atoms with Crippen LogP contribution in [-0.2, 0) is 26.0 Å². The zero-order valence-corrected chi connectivity index (χ0v) is 19.4. The first kappa shape index (κ1) is 23.3. The number of hydrogen-bond donors (Lipinski definition) is 1. The Balaban J connectivity index is 1.50. The Morgan fingerprint density at radius 3 is 2.76 bits per heavy atom. The topological polar surface area (TPSA) is 97.8 Å². The molecule has 1 aliphatic heterocycles. The summed E-state index contributed by atoms with van der Waals surface area (Å²) >= 11 is 1.31. The quantitative estimate of drug-likeness (QED) is 0.545. The van der Waals surface area contributed by atoms with E-state index in [-0.39, 0.29) is 41.8 Å². The second kappa shape index (κ2) is 9.96. The van der Waals surface area contributed by atoms with Crippen molar-refractivity contribution < 1.29 is 27.1 Å². The van der Waals surface area contributed by atoms with E-state index < -0.39 is 10.0 Å². The van der Waals surface area contributed by atoms with E-state index >= 15 is 0 Å². The van der Waals surface area contributed by atoms with Gasteiger partial charge in [-0.2, -0.15) is 4.31 Å². The van der Waals surface area contributed by atoms with E-state index in [0.717, 1.165) is 0 Å². The molecule has 3 aromatic rings. The molecule has 11 heteroatoms. The van der Waals surface area contributed by atoms with Crippen molar-refractivity contribution in [2.24, 2.45) is 0 Å². The molecule has 2 heterocycles. The molecule has 8 nitrogen and oxygen atoms in total. The van der Waals surface area contributed by atoms with Crippen LogP contribution in [0.4, 0.5) is 10.1 Å². The number of carbonyl (C=O) groups excluding carboxylic acids is 1. The molecule has 4 rings (SSSR count). The number of morpholine rings is 1. The summed E-state index contributed by atoms with van der Waals surface area (Å²) < 4.78 is 51.3. The van der Waals surface area contributed by atoms with Crippen LogP contribution in [0.2, 0.25) is 0 Å². The van der Waals surface area contributed by atoms with Crippen molar-refractivity contribution in [3.63, 3.8) is 0 Å². The lowest BCUT2D eigenvalue weighted by Crippen LogP contribution is -2.40. The smallest absolute Gasteiger partial charge is 0.243 e. The van der Waals surface area contributed by atoms with E-state index in [1.54, 1.807) is 17.5 Å².